The van der Waals surface area contributed by atoms with Crippen LogP contribution in [0.2, 0.25) is 0 Å². The molecule has 0 unspecified atom stereocenters. The summed E-state index contributed by atoms with van der Waals surface area (Å²) in [4.78, 5) is 16.6. The quantitative estimate of drug-likeness (QED) is 0.391. The Hall–Kier alpha value is -3.42. The zero-order valence-electron chi connectivity index (χ0n) is 21.1. The van der Waals surface area contributed by atoms with Gasteiger partial charge in [-0.15, -0.1) is 0 Å². The summed E-state index contributed by atoms with van der Waals surface area (Å²) in [5.74, 6) is 0.845. The van der Waals surface area contributed by atoms with E-state index in [1.54, 1.807) is 18.3 Å². The van der Waals surface area contributed by atoms with Crippen LogP contribution in [-0.4, -0.2) is 29.4 Å². The summed E-state index contributed by atoms with van der Waals surface area (Å²) in [6, 6.07) is 21.7. The van der Waals surface area contributed by atoms with E-state index in [9.17, 15) is 4.79 Å². The number of anilines is 1. The number of amides is 1. The molecule has 7 heteroatoms. The van der Waals surface area contributed by atoms with Crippen molar-refractivity contribution in [3.8, 4) is 5.75 Å². The molecule has 2 heterocycles. The largest absolute Gasteiger partial charge is 0.489 e. The predicted molar refractivity (Wildman–Crippen MR) is 138 cm³/mol. The third-order valence-electron chi connectivity index (χ3n) is 5.72. The van der Waals surface area contributed by atoms with Gasteiger partial charge in [-0.25, -0.2) is 4.79 Å². The lowest BCUT2D eigenvalue weighted by Gasteiger charge is -2.30. The van der Waals surface area contributed by atoms with Crippen LogP contribution in [-0.2, 0) is 27.4 Å². The number of ether oxygens (including phenoxy) is 4. The molecule has 1 N–H and O–H groups in total. The molecule has 4 rings (SSSR count). The van der Waals surface area contributed by atoms with E-state index in [1.807, 2.05) is 57.2 Å². The fourth-order valence-corrected chi connectivity index (χ4v) is 3.99. The Morgan fingerprint density at radius 3 is 2.53 bits per heavy atom. The van der Waals surface area contributed by atoms with Gasteiger partial charge in [-0.05, 0) is 57.4 Å². The fraction of sp³-hybridized carbons (Fsp3) is 0.379. The molecule has 0 spiro atoms. The Morgan fingerprint density at radius 2 is 1.78 bits per heavy atom. The van der Waals surface area contributed by atoms with Gasteiger partial charge in [0.05, 0.1) is 36.8 Å². The lowest BCUT2D eigenvalue weighted by molar-refractivity contribution is -0.0930. The highest BCUT2D eigenvalue weighted by molar-refractivity contribution is 5.85. The van der Waals surface area contributed by atoms with Crippen molar-refractivity contribution in [2.24, 2.45) is 0 Å². The minimum atomic E-state index is -0.579. The van der Waals surface area contributed by atoms with E-state index in [4.69, 9.17) is 18.9 Å². The maximum Gasteiger partial charge on any atom is 0.412 e. The Bertz CT molecular complexity index is 1120. The van der Waals surface area contributed by atoms with Gasteiger partial charge in [0.15, 0.2) is 0 Å². The van der Waals surface area contributed by atoms with Gasteiger partial charge in [0.2, 0.25) is 0 Å². The number of benzene rings is 2. The van der Waals surface area contributed by atoms with Gasteiger partial charge >= 0.3 is 6.09 Å². The van der Waals surface area contributed by atoms with Gasteiger partial charge in [-0.3, -0.25) is 10.3 Å². The maximum absolute atomic E-state index is 12.2. The molecule has 1 amide bonds. The van der Waals surface area contributed by atoms with Crippen molar-refractivity contribution in [3.05, 3.63) is 89.7 Å². The molecular weight excluding hydrogens is 456 g/mol. The number of aromatic nitrogens is 1. The first-order valence-electron chi connectivity index (χ1n) is 12.3. The number of carbonyl (C=O) groups is 1. The van der Waals surface area contributed by atoms with Crippen molar-refractivity contribution in [2.75, 3.05) is 11.9 Å². The number of carbonyl (C=O) groups excluding carboxylic acids is 1. The monoisotopic (exact) mass is 490 g/mol. The Balaban J connectivity index is 1.29. The van der Waals surface area contributed by atoms with Crippen LogP contribution in [0.25, 0.3) is 0 Å². The number of nitrogens with one attached hydrogen (secondary N) is 1. The number of hydrogen-bond donors (Lipinski definition) is 1. The van der Waals surface area contributed by atoms with Gasteiger partial charge in [0.1, 0.15) is 18.0 Å². The van der Waals surface area contributed by atoms with Crippen LogP contribution in [0.1, 0.15) is 56.5 Å². The van der Waals surface area contributed by atoms with Crippen LogP contribution < -0.4 is 10.1 Å². The summed E-state index contributed by atoms with van der Waals surface area (Å²) >= 11 is 0. The van der Waals surface area contributed by atoms with E-state index < -0.39 is 11.7 Å². The van der Waals surface area contributed by atoms with Crippen molar-refractivity contribution in [1.29, 1.82) is 0 Å². The first kappa shape index (κ1) is 25.7. The zero-order valence-corrected chi connectivity index (χ0v) is 21.1. The Labute approximate surface area is 212 Å². The minimum absolute atomic E-state index is 0.0453. The molecule has 0 aliphatic carbocycles. The molecule has 0 radical (unpaired) electrons. The predicted octanol–water partition coefficient (Wildman–Crippen LogP) is 6.44. The average molecular weight is 491 g/mol. The molecule has 36 heavy (non-hydrogen) atoms. The molecule has 1 saturated heterocycles. The van der Waals surface area contributed by atoms with Gasteiger partial charge < -0.3 is 18.9 Å². The summed E-state index contributed by atoms with van der Waals surface area (Å²) in [7, 11) is 0. The Kier molecular flexibility index (Phi) is 8.57. The first-order chi connectivity index (χ1) is 17.4. The summed E-state index contributed by atoms with van der Waals surface area (Å²) in [6.45, 7) is 6.72. The highest BCUT2D eigenvalue weighted by Gasteiger charge is 2.26. The topological polar surface area (TPSA) is 78.9 Å². The normalized spacial score (nSPS) is 17.9. The molecule has 1 fully saturated rings. The van der Waals surface area contributed by atoms with Gasteiger partial charge in [-0.2, -0.15) is 0 Å². The number of hydrogen-bond acceptors (Lipinski definition) is 6. The van der Waals surface area contributed by atoms with Gasteiger partial charge in [0, 0.05) is 11.8 Å². The van der Waals surface area contributed by atoms with Gasteiger partial charge in [0.25, 0.3) is 0 Å². The van der Waals surface area contributed by atoms with Crippen LogP contribution in [0.3, 0.4) is 0 Å². The van der Waals surface area contributed by atoms with Crippen LogP contribution >= 0.6 is 0 Å². The summed E-state index contributed by atoms with van der Waals surface area (Å²) in [6.07, 6.45) is 2.72. The van der Waals surface area contributed by atoms with E-state index in [2.05, 4.69) is 28.5 Å². The first-order valence-corrected chi connectivity index (χ1v) is 12.3. The maximum atomic E-state index is 12.2. The smallest absolute Gasteiger partial charge is 0.412 e. The number of para-hydroxylation sites is 1. The Morgan fingerprint density at radius 1 is 1.00 bits per heavy atom. The van der Waals surface area contributed by atoms with Crippen molar-refractivity contribution >= 4 is 11.8 Å². The zero-order chi connectivity index (χ0) is 25.4. The number of pyridine rings is 1. The van der Waals surface area contributed by atoms with Crippen LogP contribution in [0.5, 0.6) is 5.75 Å². The second-order valence-corrected chi connectivity index (χ2v) is 9.77. The molecule has 1 aliphatic rings. The van der Waals surface area contributed by atoms with E-state index >= 15 is 0 Å². The summed E-state index contributed by atoms with van der Waals surface area (Å²) in [5, 5.41) is 2.76. The molecule has 2 aromatic carbocycles. The highest BCUT2D eigenvalue weighted by Crippen LogP contribution is 2.35. The number of rotatable bonds is 8. The van der Waals surface area contributed by atoms with Crippen molar-refractivity contribution in [2.45, 2.75) is 64.6 Å². The average Bonchev–Trinajstić information content (AvgIpc) is 2.87. The third kappa shape index (κ3) is 7.54. The molecule has 3 aromatic rings. The van der Waals surface area contributed by atoms with E-state index in [-0.39, 0.29) is 18.8 Å². The van der Waals surface area contributed by atoms with E-state index in [1.165, 1.54) is 0 Å². The van der Waals surface area contributed by atoms with Crippen molar-refractivity contribution < 1.29 is 23.7 Å². The van der Waals surface area contributed by atoms with Crippen LogP contribution in [0, 0.1) is 0 Å². The molecule has 1 aromatic heterocycles. The second kappa shape index (κ2) is 12.0. The fourth-order valence-electron chi connectivity index (χ4n) is 3.99. The molecule has 1 aliphatic heterocycles. The molecule has 0 bridgehead atoms. The lowest BCUT2D eigenvalue weighted by Crippen LogP contribution is -2.29. The number of nitrogens with zero attached hydrogens (tertiary/aromatic N) is 1. The summed E-state index contributed by atoms with van der Waals surface area (Å²) in [5.41, 5.74) is 2.82. The molecule has 0 saturated carbocycles. The standard InChI is InChI=1S/C29H34N2O5/c1-29(2,3)36-28(32)31-24-13-9-17-30-25(24)20-33-22-15-16-27(35-19-22)23-12-7-8-14-26(23)34-18-21-10-5-4-6-11-21/h4-14,17,22,27H,15-16,18-20H2,1-3H3,(H,31,32)/t22-,27-/m1/s1. The van der Waals surface area contributed by atoms with Crippen molar-refractivity contribution in [3.63, 3.8) is 0 Å². The van der Waals surface area contributed by atoms with Crippen LogP contribution in [0.15, 0.2) is 72.9 Å². The van der Waals surface area contributed by atoms with E-state index in [0.29, 0.717) is 24.6 Å². The van der Waals surface area contributed by atoms with Crippen molar-refractivity contribution in [1.82, 2.24) is 4.98 Å². The lowest BCUT2D eigenvalue weighted by atomic mass is 9.99. The molecule has 190 valence electrons. The molecule has 2 atom stereocenters. The second-order valence-electron chi connectivity index (χ2n) is 9.77. The molecule has 7 nitrogen and oxygen atoms in total. The van der Waals surface area contributed by atoms with E-state index in [0.717, 1.165) is 29.7 Å². The van der Waals surface area contributed by atoms with Crippen LogP contribution in [0.4, 0.5) is 10.5 Å². The summed E-state index contributed by atoms with van der Waals surface area (Å²) < 4.78 is 23.8. The molecular formula is C29H34N2O5. The van der Waals surface area contributed by atoms with Gasteiger partial charge in [-0.1, -0.05) is 48.5 Å². The highest BCUT2D eigenvalue weighted by atomic mass is 16.6. The SMILES string of the molecule is CC(C)(C)OC(=O)Nc1cccnc1CO[C@@H]1CC[C@H](c2ccccc2OCc2ccccc2)OC1. The minimum Gasteiger partial charge on any atom is -0.489 e. The third-order valence-corrected chi connectivity index (χ3v) is 5.72.